The van der Waals surface area contributed by atoms with E-state index in [9.17, 15) is 19.2 Å². The molecule has 0 radical (unpaired) electrons. The molecule has 3 aliphatic rings. The third kappa shape index (κ3) is 3.29. The minimum Gasteiger partial charge on any atom is -0.481 e. The van der Waals surface area contributed by atoms with E-state index in [2.05, 4.69) is 5.32 Å². The molecule has 1 saturated carbocycles. The molecule has 2 atom stereocenters. The van der Waals surface area contributed by atoms with Gasteiger partial charge in [0.05, 0.1) is 0 Å². The normalized spacial score (nSPS) is 26.3. The maximum atomic E-state index is 13.0. The van der Waals surface area contributed by atoms with Gasteiger partial charge < -0.3 is 15.3 Å². The van der Waals surface area contributed by atoms with Gasteiger partial charge in [0, 0.05) is 19.0 Å². The van der Waals surface area contributed by atoms with Crippen molar-refractivity contribution >= 4 is 23.8 Å². The smallest absolute Gasteiger partial charge is 0.325 e. The summed E-state index contributed by atoms with van der Waals surface area (Å²) in [5, 5.41) is 11.7. The zero-order valence-corrected chi connectivity index (χ0v) is 15.2. The number of rotatable bonds is 5. The van der Waals surface area contributed by atoms with Crippen LogP contribution in [0.5, 0.6) is 0 Å². The summed E-state index contributed by atoms with van der Waals surface area (Å²) in [6, 6.07) is -1.50. The Hall–Kier alpha value is -2.12. The van der Waals surface area contributed by atoms with E-state index in [-0.39, 0.29) is 24.3 Å². The molecule has 1 aliphatic carbocycles. The molecule has 4 amide bonds. The van der Waals surface area contributed by atoms with Crippen LogP contribution in [0.25, 0.3) is 0 Å². The Kier molecular flexibility index (Phi) is 5.20. The van der Waals surface area contributed by atoms with Gasteiger partial charge in [0.15, 0.2) is 0 Å². The Balaban J connectivity index is 1.72. The Labute approximate surface area is 152 Å². The van der Waals surface area contributed by atoms with E-state index in [4.69, 9.17) is 5.11 Å². The highest BCUT2D eigenvalue weighted by Crippen LogP contribution is 2.36. The third-order valence-corrected chi connectivity index (χ3v) is 6.00. The summed E-state index contributed by atoms with van der Waals surface area (Å²) in [5.74, 6) is -1.44. The van der Waals surface area contributed by atoms with Gasteiger partial charge in [-0.1, -0.05) is 12.8 Å². The van der Waals surface area contributed by atoms with Gasteiger partial charge in [0.1, 0.15) is 11.6 Å². The lowest BCUT2D eigenvalue weighted by molar-refractivity contribution is -0.146. The molecular weight excluding hydrogens is 338 g/mol. The van der Waals surface area contributed by atoms with E-state index in [0.29, 0.717) is 25.8 Å². The maximum absolute atomic E-state index is 13.0. The molecule has 3 fully saturated rings. The molecule has 144 valence electrons. The number of carboxylic acid groups (broad SMARTS) is 1. The van der Waals surface area contributed by atoms with Gasteiger partial charge in [-0.05, 0) is 45.4 Å². The largest absolute Gasteiger partial charge is 0.481 e. The van der Waals surface area contributed by atoms with Gasteiger partial charge in [-0.25, -0.2) is 9.69 Å². The lowest BCUT2D eigenvalue weighted by atomic mass is 9.96. The Morgan fingerprint density at radius 1 is 1.23 bits per heavy atom. The second-order valence-corrected chi connectivity index (χ2v) is 7.68. The molecular formula is C18H27N3O5. The molecule has 8 heteroatoms. The minimum absolute atomic E-state index is 0.00900. The molecule has 2 heterocycles. The molecule has 0 aromatic rings. The van der Waals surface area contributed by atoms with Crippen molar-refractivity contribution < 1.29 is 24.3 Å². The van der Waals surface area contributed by atoms with Crippen molar-refractivity contribution in [3.8, 4) is 0 Å². The molecule has 2 N–H and O–H groups in total. The predicted molar refractivity (Wildman–Crippen MR) is 92.3 cm³/mol. The van der Waals surface area contributed by atoms with Crippen LogP contribution in [0.1, 0.15) is 64.7 Å². The van der Waals surface area contributed by atoms with Gasteiger partial charge in [-0.2, -0.15) is 0 Å². The summed E-state index contributed by atoms with van der Waals surface area (Å²) in [7, 11) is 0. The first kappa shape index (κ1) is 18.7. The van der Waals surface area contributed by atoms with Crippen LogP contribution in [0.4, 0.5) is 4.79 Å². The molecule has 2 saturated heterocycles. The number of likely N-dealkylation sites (tertiary alicyclic amines) is 1. The number of imide groups is 1. The third-order valence-electron chi connectivity index (χ3n) is 6.00. The fourth-order valence-corrected chi connectivity index (χ4v) is 4.54. The van der Waals surface area contributed by atoms with Crippen LogP contribution in [0.3, 0.4) is 0 Å². The number of piperidine rings is 1. The highest BCUT2D eigenvalue weighted by atomic mass is 16.4. The van der Waals surface area contributed by atoms with Gasteiger partial charge in [-0.15, -0.1) is 0 Å². The zero-order valence-electron chi connectivity index (χ0n) is 15.2. The number of carbonyl (C=O) groups is 4. The summed E-state index contributed by atoms with van der Waals surface area (Å²) in [6.07, 6.45) is 6.01. The highest BCUT2D eigenvalue weighted by Gasteiger charge is 2.55. The van der Waals surface area contributed by atoms with Crippen molar-refractivity contribution in [3.63, 3.8) is 0 Å². The summed E-state index contributed by atoms with van der Waals surface area (Å²) in [4.78, 5) is 52.0. The van der Waals surface area contributed by atoms with Crippen molar-refractivity contribution in [1.29, 1.82) is 0 Å². The standard InChI is InChI=1S/C18H27N3O5/c1-12(21-16(25)18(19-17(21)26)9-3-4-10-18)15(24)20-11-5-2-6-13(20)7-8-14(22)23/h12-13H,2-11H2,1H3,(H,19,26)(H,22,23). The zero-order chi connectivity index (χ0) is 18.9. The van der Waals surface area contributed by atoms with E-state index in [1.807, 2.05) is 0 Å². The molecule has 2 aliphatic heterocycles. The van der Waals surface area contributed by atoms with E-state index in [1.54, 1.807) is 11.8 Å². The first-order chi connectivity index (χ1) is 12.4. The Morgan fingerprint density at radius 2 is 1.92 bits per heavy atom. The quantitative estimate of drug-likeness (QED) is 0.718. The van der Waals surface area contributed by atoms with Crippen molar-refractivity contribution in [2.45, 2.75) is 82.3 Å². The number of hydrogen-bond donors (Lipinski definition) is 2. The second kappa shape index (κ2) is 7.25. The maximum Gasteiger partial charge on any atom is 0.325 e. The number of amides is 4. The van der Waals surface area contributed by atoms with E-state index in [1.165, 1.54) is 0 Å². The molecule has 0 bridgehead atoms. The second-order valence-electron chi connectivity index (χ2n) is 7.68. The number of hydrogen-bond acceptors (Lipinski definition) is 4. The molecule has 1 spiro atoms. The van der Waals surface area contributed by atoms with Crippen LogP contribution in [0, 0.1) is 0 Å². The Morgan fingerprint density at radius 3 is 2.58 bits per heavy atom. The van der Waals surface area contributed by atoms with Gasteiger partial charge in [0.2, 0.25) is 5.91 Å². The Bertz CT molecular complexity index is 614. The van der Waals surface area contributed by atoms with E-state index < -0.39 is 23.6 Å². The van der Waals surface area contributed by atoms with E-state index in [0.717, 1.165) is 37.0 Å². The topological polar surface area (TPSA) is 107 Å². The van der Waals surface area contributed by atoms with Gasteiger partial charge in [0.25, 0.3) is 5.91 Å². The highest BCUT2D eigenvalue weighted by molar-refractivity contribution is 6.10. The van der Waals surface area contributed by atoms with Crippen LogP contribution >= 0.6 is 0 Å². The van der Waals surface area contributed by atoms with Crippen LogP contribution < -0.4 is 5.32 Å². The number of nitrogens with one attached hydrogen (secondary N) is 1. The SMILES string of the molecule is CC(C(=O)N1CCCCC1CCC(=O)O)N1C(=O)NC2(CCCC2)C1=O. The van der Waals surface area contributed by atoms with Crippen LogP contribution in [-0.4, -0.2) is 62.9 Å². The van der Waals surface area contributed by atoms with Gasteiger partial charge in [-0.3, -0.25) is 14.4 Å². The molecule has 26 heavy (non-hydrogen) atoms. The summed E-state index contributed by atoms with van der Waals surface area (Å²) in [6.45, 7) is 2.14. The summed E-state index contributed by atoms with van der Waals surface area (Å²) >= 11 is 0. The van der Waals surface area contributed by atoms with Crippen LogP contribution in [0.15, 0.2) is 0 Å². The van der Waals surface area contributed by atoms with Crippen LogP contribution in [-0.2, 0) is 14.4 Å². The first-order valence-corrected chi connectivity index (χ1v) is 9.54. The number of aliphatic carboxylic acids is 1. The first-order valence-electron chi connectivity index (χ1n) is 9.54. The number of urea groups is 1. The average molecular weight is 365 g/mol. The molecule has 0 aromatic carbocycles. The van der Waals surface area contributed by atoms with Crippen molar-refractivity contribution in [2.24, 2.45) is 0 Å². The number of carbonyl (C=O) groups excluding carboxylic acids is 3. The predicted octanol–water partition coefficient (Wildman–Crippen LogP) is 1.49. The lowest BCUT2D eigenvalue weighted by Gasteiger charge is -2.38. The van der Waals surface area contributed by atoms with Crippen molar-refractivity contribution in [2.75, 3.05) is 6.54 Å². The number of nitrogens with zero attached hydrogens (tertiary/aromatic N) is 2. The van der Waals surface area contributed by atoms with Crippen molar-refractivity contribution in [1.82, 2.24) is 15.1 Å². The molecule has 3 rings (SSSR count). The fourth-order valence-electron chi connectivity index (χ4n) is 4.54. The summed E-state index contributed by atoms with van der Waals surface area (Å²) < 4.78 is 0. The number of carboxylic acids is 1. The monoisotopic (exact) mass is 365 g/mol. The molecule has 0 aromatic heterocycles. The van der Waals surface area contributed by atoms with Crippen LogP contribution in [0.2, 0.25) is 0 Å². The minimum atomic E-state index is -0.881. The summed E-state index contributed by atoms with van der Waals surface area (Å²) in [5.41, 5.74) is -0.823. The average Bonchev–Trinajstić information content (AvgIpc) is 3.17. The fraction of sp³-hybridized carbons (Fsp3) is 0.778. The van der Waals surface area contributed by atoms with Crippen molar-refractivity contribution in [3.05, 3.63) is 0 Å². The lowest BCUT2D eigenvalue weighted by Crippen LogP contribution is -2.54. The molecule has 8 nitrogen and oxygen atoms in total. The van der Waals surface area contributed by atoms with E-state index >= 15 is 0 Å². The molecule has 2 unspecified atom stereocenters. The van der Waals surface area contributed by atoms with Gasteiger partial charge >= 0.3 is 12.0 Å².